The topological polar surface area (TPSA) is 113 Å². The van der Waals surface area contributed by atoms with Gasteiger partial charge in [-0.05, 0) is 74.8 Å². The molecular weight excluding hydrogens is 410 g/mol. The summed E-state index contributed by atoms with van der Waals surface area (Å²) in [5.41, 5.74) is 6.37. The lowest BCUT2D eigenvalue weighted by Crippen LogP contribution is -2.46. The summed E-state index contributed by atoms with van der Waals surface area (Å²) >= 11 is 0. The Bertz CT molecular complexity index is 789. The Balaban J connectivity index is 1.55. The molecule has 2 heterocycles. The molecule has 0 bridgehead atoms. The van der Waals surface area contributed by atoms with Crippen molar-refractivity contribution in [1.29, 1.82) is 0 Å². The highest BCUT2D eigenvalue weighted by molar-refractivity contribution is 5.79. The van der Waals surface area contributed by atoms with Crippen LogP contribution in [0.25, 0.3) is 0 Å². The normalized spacial score (nSPS) is 22.5. The van der Waals surface area contributed by atoms with Crippen molar-refractivity contribution in [3.05, 3.63) is 29.8 Å². The second-order valence-corrected chi connectivity index (χ2v) is 9.08. The number of carbonyl (C=O) groups excluding carboxylic acids is 2. The number of nitrogens with two attached hydrogens (primary N) is 1. The molecular formula is C24H35N3O5. The second kappa shape index (κ2) is 11.3. The SMILES string of the molecule is COc1ccc(CC(=O)N2CCC(CC(=O)O)C(CCN3CCC(C(N)=O)CC3)C2)cc1. The van der Waals surface area contributed by atoms with Gasteiger partial charge >= 0.3 is 5.97 Å². The van der Waals surface area contributed by atoms with Crippen LogP contribution in [0.3, 0.4) is 0 Å². The van der Waals surface area contributed by atoms with Gasteiger partial charge in [-0.25, -0.2) is 0 Å². The lowest BCUT2D eigenvalue weighted by atomic mass is 9.80. The van der Waals surface area contributed by atoms with Crippen LogP contribution in [0.5, 0.6) is 5.75 Å². The van der Waals surface area contributed by atoms with Crippen LogP contribution >= 0.6 is 0 Å². The molecule has 0 saturated carbocycles. The zero-order valence-electron chi connectivity index (χ0n) is 18.9. The maximum Gasteiger partial charge on any atom is 0.303 e. The van der Waals surface area contributed by atoms with Gasteiger partial charge in [0.1, 0.15) is 5.75 Å². The quantitative estimate of drug-likeness (QED) is 0.599. The van der Waals surface area contributed by atoms with Crippen molar-refractivity contribution in [2.24, 2.45) is 23.5 Å². The zero-order valence-corrected chi connectivity index (χ0v) is 18.9. The molecule has 3 rings (SSSR count). The van der Waals surface area contributed by atoms with Crippen molar-refractivity contribution in [1.82, 2.24) is 9.80 Å². The maximum absolute atomic E-state index is 12.9. The van der Waals surface area contributed by atoms with Gasteiger partial charge in [0, 0.05) is 25.4 Å². The molecule has 0 aromatic heterocycles. The molecule has 32 heavy (non-hydrogen) atoms. The van der Waals surface area contributed by atoms with Gasteiger partial charge in [-0.3, -0.25) is 14.4 Å². The molecule has 176 valence electrons. The molecule has 8 nitrogen and oxygen atoms in total. The highest BCUT2D eigenvalue weighted by Gasteiger charge is 2.33. The largest absolute Gasteiger partial charge is 0.497 e. The number of carbonyl (C=O) groups is 3. The smallest absolute Gasteiger partial charge is 0.303 e. The molecule has 2 atom stereocenters. The third-order valence-electron chi connectivity index (χ3n) is 7.00. The minimum atomic E-state index is -0.778. The van der Waals surface area contributed by atoms with Crippen LogP contribution in [-0.4, -0.2) is 72.5 Å². The van der Waals surface area contributed by atoms with E-state index >= 15 is 0 Å². The summed E-state index contributed by atoms with van der Waals surface area (Å²) < 4.78 is 5.17. The number of hydrogen-bond donors (Lipinski definition) is 2. The molecule has 2 fully saturated rings. The average molecular weight is 446 g/mol. The number of aliphatic carboxylic acids is 1. The van der Waals surface area contributed by atoms with E-state index in [0.29, 0.717) is 19.5 Å². The van der Waals surface area contributed by atoms with Crippen LogP contribution in [0.2, 0.25) is 0 Å². The first-order valence-electron chi connectivity index (χ1n) is 11.5. The van der Waals surface area contributed by atoms with Crippen molar-refractivity contribution in [2.45, 2.75) is 38.5 Å². The summed E-state index contributed by atoms with van der Waals surface area (Å²) in [6, 6.07) is 7.51. The molecule has 1 aromatic carbocycles. The predicted octanol–water partition coefficient (Wildman–Crippen LogP) is 1.76. The number of carboxylic acid groups (broad SMARTS) is 1. The van der Waals surface area contributed by atoms with Gasteiger partial charge in [0.05, 0.1) is 13.5 Å². The van der Waals surface area contributed by atoms with E-state index in [2.05, 4.69) is 4.90 Å². The van der Waals surface area contributed by atoms with E-state index in [4.69, 9.17) is 10.5 Å². The summed E-state index contributed by atoms with van der Waals surface area (Å²) in [7, 11) is 1.61. The standard InChI is InChI=1S/C24H35N3O5/c1-32-21-4-2-17(3-5-21)14-22(28)27-13-9-19(15-23(29)30)20(16-27)8-12-26-10-6-18(7-11-26)24(25)31/h2-5,18-20H,6-16H2,1H3,(H2,25,31)(H,29,30). The van der Waals surface area contributed by atoms with Crippen molar-refractivity contribution >= 4 is 17.8 Å². The number of likely N-dealkylation sites (tertiary alicyclic amines) is 2. The van der Waals surface area contributed by atoms with Gasteiger partial charge in [0.25, 0.3) is 0 Å². The minimum Gasteiger partial charge on any atom is -0.497 e. The van der Waals surface area contributed by atoms with E-state index < -0.39 is 5.97 Å². The number of rotatable bonds is 9. The molecule has 1 aromatic rings. The van der Waals surface area contributed by atoms with E-state index in [1.54, 1.807) is 7.11 Å². The lowest BCUT2D eigenvalue weighted by Gasteiger charge is -2.40. The molecule has 8 heteroatoms. The summed E-state index contributed by atoms with van der Waals surface area (Å²) in [6.45, 7) is 3.74. The van der Waals surface area contributed by atoms with Crippen LogP contribution in [0.15, 0.2) is 24.3 Å². The number of ether oxygens (including phenoxy) is 1. The molecule has 2 aliphatic rings. The zero-order chi connectivity index (χ0) is 23.1. The Morgan fingerprint density at radius 1 is 1.06 bits per heavy atom. The van der Waals surface area contributed by atoms with E-state index in [9.17, 15) is 19.5 Å². The second-order valence-electron chi connectivity index (χ2n) is 9.08. The molecule has 0 radical (unpaired) electrons. The molecule has 2 saturated heterocycles. The van der Waals surface area contributed by atoms with Crippen molar-refractivity contribution < 1.29 is 24.2 Å². The number of hydrogen-bond acceptors (Lipinski definition) is 5. The van der Waals surface area contributed by atoms with Gasteiger partial charge < -0.3 is 25.4 Å². The maximum atomic E-state index is 12.9. The van der Waals surface area contributed by atoms with Gasteiger partial charge in [0.15, 0.2) is 0 Å². The highest BCUT2D eigenvalue weighted by Crippen LogP contribution is 2.30. The van der Waals surface area contributed by atoms with E-state index in [1.165, 1.54) is 0 Å². The minimum absolute atomic E-state index is 0.0354. The van der Waals surface area contributed by atoms with E-state index in [-0.39, 0.29) is 36.0 Å². The summed E-state index contributed by atoms with van der Waals surface area (Å²) in [6.07, 6.45) is 3.62. The molecule has 0 spiro atoms. The Labute approximate surface area is 189 Å². The molecule has 0 aliphatic carbocycles. The van der Waals surface area contributed by atoms with Crippen molar-refractivity contribution in [2.75, 3.05) is 39.8 Å². The summed E-state index contributed by atoms with van der Waals surface area (Å²) in [4.78, 5) is 39.9. The third kappa shape index (κ3) is 6.69. The first-order chi connectivity index (χ1) is 15.4. The third-order valence-corrected chi connectivity index (χ3v) is 7.00. The first-order valence-corrected chi connectivity index (χ1v) is 11.5. The van der Waals surface area contributed by atoms with Crippen LogP contribution in [0.4, 0.5) is 0 Å². The van der Waals surface area contributed by atoms with Gasteiger partial charge in [-0.15, -0.1) is 0 Å². The number of benzene rings is 1. The summed E-state index contributed by atoms with van der Waals surface area (Å²) in [5.74, 6) is 0.0533. The summed E-state index contributed by atoms with van der Waals surface area (Å²) in [5, 5.41) is 9.35. The van der Waals surface area contributed by atoms with Gasteiger partial charge in [-0.1, -0.05) is 12.1 Å². The Morgan fingerprint density at radius 2 is 1.75 bits per heavy atom. The van der Waals surface area contributed by atoms with Gasteiger partial charge in [-0.2, -0.15) is 0 Å². The number of nitrogens with zero attached hydrogens (tertiary/aromatic N) is 2. The van der Waals surface area contributed by atoms with Crippen LogP contribution in [0, 0.1) is 17.8 Å². The number of amides is 2. The number of primary amides is 1. The fourth-order valence-electron chi connectivity index (χ4n) is 4.95. The Hall–Kier alpha value is -2.61. The fraction of sp³-hybridized carbons (Fsp3) is 0.625. The Kier molecular flexibility index (Phi) is 8.50. The van der Waals surface area contributed by atoms with E-state index in [0.717, 1.165) is 56.6 Å². The van der Waals surface area contributed by atoms with Crippen LogP contribution in [0.1, 0.15) is 37.7 Å². The number of methoxy groups -OCH3 is 1. The van der Waals surface area contributed by atoms with Crippen molar-refractivity contribution in [3.63, 3.8) is 0 Å². The van der Waals surface area contributed by atoms with Crippen LogP contribution < -0.4 is 10.5 Å². The lowest BCUT2D eigenvalue weighted by molar-refractivity contribution is -0.140. The predicted molar refractivity (Wildman–Crippen MR) is 120 cm³/mol. The van der Waals surface area contributed by atoms with Crippen LogP contribution in [-0.2, 0) is 20.8 Å². The van der Waals surface area contributed by atoms with Crippen molar-refractivity contribution in [3.8, 4) is 5.75 Å². The molecule has 3 N–H and O–H groups in total. The number of carboxylic acids is 1. The van der Waals surface area contributed by atoms with E-state index in [1.807, 2.05) is 29.2 Å². The molecule has 2 aliphatic heterocycles. The Morgan fingerprint density at radius 3 is 2.34 bits per heavy atom. The molecule has 2 unspecified atom stereocenters. The monoisotopic (exact) mass is 445 g/mol. The van der Waals surface area contributed by atoms with Gasteiger partial charge in [0.2, 0.25) is 11.8 Å². The average Bonchev–Trinajstić information content (AvgIpc) is 2.78. The first kappa shape index (κ1) is 24.0. The highest BCUT2D eigenvalue weighted by atomic mass is 16.5. The number of piperidine rings is 2. The molecule has 2 amide bonds. The fourth-order valence-corrected chi connectivity index (χ4v) is 4.95.